The number of benzene rings is 1. The van der Waals surface area contributed by atoms with Crippen molar-refractivity contribution in [2.75, 3.05) is 20.1 Å². The fourth-order valence-electron chi connectivity index (χ4n) is 3.22. The van der Waals surface area contributed by atoms with Crippen molar-refractivity contribution in [3.05, 3.63) is 60.2 Å². The van der Waals surface area contributed by atoms with Crippen LogP contribution in [0, 0.1) is 11.7 Å². The molecular formula is C19H22FN3O3S. The van der Waals surface area contributed by atoms with Gasteiger partial charge in [0.2, 0.25) is 15.9 Å². The number of carbonyl (C=O) groups excluding carboxylic acids is 1. The van der Waals surface area contributed by atoms with Gasteiger partial charge in [-0.1, -0.05) is 6.07 Å². The quantitative estimate of drug-likeness (QED) is 0.784. The van der Waals surface area contributed by atoms with Crippen molar-refractivity contribution in [1.82, 2.24) is 14.2 Å². The van der Waals surface area contributed by atoms with Crippen LogP contribution < -0.4 is 0 Å². The molecule has 1 aliphatic heterocycles. The summed E-state index contributed by atoms with van der Waals surface area (Å²) in [6, 6.07) is 10.4. The molecule has 1 aromatic carbocycles. The number of hydrogen-bond donors (Lipinski definition) is 0. The van der Waals surface area contributed by atoms with Gasteiger partial charge in [0.1, 0.15) is 5.82 Å². The average Bonchev–Trinajstić information content (AvgIpc) is 2.68. The molecule has 2 aromatic rings. The van der Waals surface area contributed by atoms with Crippen LogP contribution in [0.15, 0.2) is 53.6 Å². The number of amides is 1. The maximum atomic E-state index is 13.0. The van der Waals surface area contributed by atoms with E-state index in [2.05, 4.69) is 4.98 Å². The van der Waals surface area contributed by atoms with Crippen molar-refractivity contribution in [2.24, 2.45) is 5.92 Å². The van der Waals surface area contributed by atoms with Gasteiger partial charge >= 0.3 is 0 Å². The molecule has 0 atom stereocenters. The molecule has 3 rings (SSSR count). The molecule has 0 saturated carbocycles. The SMILES string of the molecule is CN(Cc1ccccn1)C(=O)C1CCN(S(=O)(=O)c2ccc(F)cc2)CC1. The lowest BCUT2D eigenvalue weighted by atomic mass is 9.96. The first-order valence-electron chi connectivity index (χ1n) is 8.78. The highest BCUT2D eigenvalue weighted by Gasteiger charge is 2.33. The number of carbonyl (C=O) groups is 1. The third kappa shape index (κ3) is 4.51. The zero-order valence-corrected chi connectivity index (χ0v) is 15.9. The predicted molar refractivity (Wildman–Crippen MR) is 98.6 cm³/mol. The van der Waals surface area contributed by atoms with E-state index >= 15 is 0 Å². The second-order valence-corrected chi connectivity index (χ2v) is 8.59. The van der Waals surface area contributed by atoms with Crippen LogP contribution in [0.4, 0.5) is 4.39 Å². The van der Waals surface area contributed by atoms with Gasteiger partial charge in [-0.05, 0) is 49.2 Å². The molecule has 0 unspecified atom stereocenters. The highest BCUT2D eigenvalue weighted by Crippen LogP contribution is 2.25. The highest BCUT2D eigenvalue weighted by atomic mass is 32.2. The molecule has 1 saturated heterocycles. The summed E-state index contributed by atoms with van der Waals surface area (Å²) >= 11 is 0. The van der Waals surface area contributed by atoms with Crippen molar-refractivity contribution < 1.29 is 17.6 Å². The molecule has 0 bridgehead atoms. The number of nitrogens with zero attached hydrogens (tertiary/aromatic N) is 3. The van der Waals surface area contributed by atoms with Crippen LogP contribution in [0.2, 0.25) is 0 Å². The molecule has 0 radical (unpaired) electrons. The van der Waals surface area contributed by atoms with Crippen LogP contribution in [0.5, 0.6) is 0 Å². The Bertz CT molecular complexity index is 880. The van der Waals surface area contributed by atoms with Crippen LogP contribution in [-0.2, 0) is 21.4 Å². The molecule has 2 heterocycles. The summed E-state index contributed by atoms with van der Waals surface area (Å²) in [5.41, 5.74) is 0.810. The zero-order valence-electron chi connectivity index (χ0n) is 15.1. The molecule has 6 nitrogen and oxygen atoms in total. The summed E-state index contributed by atoms with van der Waals surface area (Å²) in [5, 5.41) is 0. The molecule has 0 aliphatic carbocycles. The largest absolute Gasteiger partial charge is 0.340 e. The summed E-state index contributed by atoms with van der Waals surface area (Å²) in [6.07, 6.45) is 2.62. The Morgan fingerprint density at radius 1 is 1.19 bits per heavy atom. The molecule has 0 N–H and O–H groups in total. The number of sulfonamides is 1. The first-order chi connectivity index (χ1) is 12.9. The predicted octanol–water partition coefficient (Wildman–Crippen LogP) is 2.28. The minimum Gasteiger partial charge on any atom is -0.340 e. The van der Waals surface area contributed by atoms with Crippen LogP contribution in [0.3, 0.4) is 0 Å². The van der Waals surface area contributed by atoms with Gasteiger partial charge < -0.3 is 4.90 Å². The van der Waals surface area contributed by atoms with Gasteiger partial charge in [0.05, 0.1) is 17.1 Å². The lowest BCUT2D eigenvalue weighted by Gasteiger charge is -2.32. The Morgan fingerprint density at radius 2 is 1.85 bits per heavy atom. The van der Waals surface area contributed by atoms with Crippen LogP contribution in [0.1, 0.15) is 18.5 Å². The van der Waals surface area contributed by atoms with Gasteiger partial charge in [-0.2, -0.15) is 4.31 Å². The minimum atomic E-state index is -3.66. The van der Waals surface area contributed by atoms with E-state index in [-0.39, 0.29) is 29.8 Å². The van der Waals surface area contributed by atoms with Gasteiger partial charge in [0, 0.05) is 32.3 Å². The minimum absolute atomic E-state index is 0.000479. The van der Waals surface area contributed by atoms with Gasteiger partial charge in [0.25, 0.3) is 0 Å². The van der Waals surface area contributed by atoms with Crippen LogP contribution >= 0.6 is 0 Å². The molecule has 1 aromatic heterocycles. The fourth-order valence-corrected chi connectivity index (χ4v) is 4.69. The fraction of sp³-hybridized carbons (Fsp3) is 0.368. The van der Waals surface area contributed by atoms with E-state index in [1.165, 1.54) is 16.4 Å². The topological polar surface area (TPSA) is 70.6 Å². The van der Waals surface area contributed by atoms with E-state index in [0.29, 0.717) is 19.4 Å². The van der Waals surface area contributed by atoms with E-state index in [4.69, 9.17) is 0 Å². The number of aromatic nitrogens is 1. The normalized spacial score (nSPS) is 16.2. The Morgan fingerprint density at radius 3 is 2.44 bits per heavy atom. The maximum Gasteiger partial charge on any atom is 0.243 e. The summed E-state index contributed by atoms with van der Waals surface area (Å²) in [5.74, 6) is -0.688. The van der Waals surface area contributed by atoms with E-state index in [1.807, 2.05) is 18.2 Å². The second-order valence-electron chi connectivity index (χ2n) is 6.65. The smallest absolute Gasteiger partial charge is 0.243 e. The third-order valence-corrected chi connectivity index (χ3v) is 6.67. The molecule has 8 heteroatoms. The number of piperidine rings is 1. The summed E-state index contributed by atoms with van der Waals surface area (Å²) in [7, 11) is -1.93. The first kappa shape index (κ1) is 19.4. The molecule has 1 fully saturated rings. The monoisotopic (exact) mass is 391 g/mol. The lowest BCUT2D eigenvalue weighted by molar-refractivity contribution is -0.136. The maximum absolute atomic E-state index is 13.0. The molecule has 144 valence electrons. The number of hydrogen-bond acceptors (Lipinski definition) is 4. The molecule has 1 amide bonds. The number of rotatable bonds is 5. The summed E-state index contributed by atoms with van der Waals surface area (Å²) < 4.78 is 39.7. The average molecular weight is 391 g/mol. The Hall–Kier alpha value is -2.32. The van der Waals surface area contributed by atoms with Gasteiger partial charge in [-0.25, -0.2) is 12.8 Å². The molecule has 27 heavy (non-hydrogen) atoms. The zero-order chi connectivity index (χ0) is 19.4. The standard InChI is InChI=1S/C19H22FN3O3S/c1-22(14-17-4-2-3-11-21-17)19(24)15-9-12-23(13-10-15)27(25,26)18-7-5-16(20)6-8-18/h2-8,11,15H,9-10,12-14H2,1H3. The summed E-state index contributed by atoms with van der Waals surface area (Å²) in [4.78, 5) is 18.6. The number of halogens is 1. The third-order valence-electron chi connectivity index (χ3n) is 4.76. The highest BCUT2D eigenvalue weighted by molar-refractivity contribution is 7.89. The van der Waals surface area contributed by atoms with E-state index in [1.54, 1.807) is 18.1 Å². The molecule has 1 aliphatic rings. The Balaban J connectivity index is 1.59. The van der Waals surface area contributed by atoms with Crippen LogP contribution in [0.25, 0.3) is 0 Å². The summed E-state index contributed by atoms with van der Waals surface area (Å²) in [6.45, 7) is 0.967. The first-order valence-corrected chi connectivity index (χ1v) is 10.2. The Labute approximate surface area is 158 Å². The molecule has 0 spiro atoms. The number of pyridine rings is 1. The van der Waals surface area contributed by atoms with E-state index < -0.39 is 15.8 Å². The van der Waals surface area contributed by atoms with Crippen molar-refractivity contribution >= 4 is 15.9 Å². The van der Waals surface area contributed by atoms with Gasteiger partial charge in [-0.3, -0.25) is 9.78 Å². The van der Waals surface area contributed by atoms with Crippen molar-refractivity contribution in [3.8, 4) is 0 Å². The van der Waals surface area contributed by atoms with Crippen molar-refractivity contribution in [1.29, 1.82) is 0 Å². The van der Waals surface area contributed by atoms with E-state index in [9.17, 15) is 17.6 Å². The van der Waals surface area contributed by atoms with Crippen LogP contribution in [-0.4, -0.2) is 48.7 Å². The second kappa shape index (κ2) is 8.14. The van der Waals surface area contributed by atoms with Gasteiger partial charge in [-0.15, -0.1) is 0 Å². The van der Waals surface area contributed by atoms with Crippen molar-refractivity contribution in [2.45, 2.75) is 24.3 Å². The lowest BCUT2D eigenvalue weighted by Crippen LogP contribution is -2.43. The van der Waals surface area contributed by atoms with E-state index in [0.717, 1.165) is 17.8 Å². The molecular weight excluding hydrogens is 369 g/mol. The Kier molecular flexibility index (Phi) is 5.86. The van der Waals surface area contributed by atoms with Gasteiger partial charge in [0.15, 0.2) is 0 Å². The van der Waals surface area contributed by atoms with Crippen molar-refractivity contribution in [3.63, 3.8) is 0 Å².